The van der Waals surface area contributed by atoms with Crippen molar-refractivity contribution in [2.24, 2.45) is 0 Å². The van der Waals surface area contributed by atoms with Crippen LogP contribution in [0.15, 0.2) is 48.5 Å². The van der Waals surface area contributed by atoms with E-state index in [9.17, 15) is 9.59 Å². The summed E-state index contributed by atoms with van der Waals surface area (Å²) in [6, 6.07) is 14.2. The van der Waals surface area contributed by atoms with Crippen molar-refractivity contribution in [2.75, 3.05) is 13.2 Å². The quantitative estimate of drug-likeness (QED) is 0.337. The average Bonchev–Trinajstić information content (AvgIpc) is 3.07. The molecule has 2 heterocycles. The van der Waals surface area contributed by atoms with E-state index in [1.54, 1.807) is 24.3 Å². The van der Waals surface area contributed by atoms with E-state index < -0.39 is 5.97 Å². The van der Waals surface area contributed by atoms with Crippen LogP contribution in [0.4, 0.5) is 0 Å². The zero-order chi connectivity index (χ0) is 23.5. The molecule has 33 heavy (non-hydrogen) atoms. The van der Waals surface area contributed by atoms with Gasteiger partial charge in [0.2, 0.25) is 5.78 Å². The number of para-hydroxylation sites is 2. The molecule has 0 saturated heterocycles. The molecule has 0 fully saturated rings. The number of aryl methyl sites for hydroxylation is 1. The van der Waals surface area contributed by atoms with Gasteiger partial charge in [0, 0.05) is 27.0 Å². The Bertz CT molecular complexity index is 1200. The number of esters is 1. The zero-order valence-electron chi connectivity index (χ0n) is 18.3. The summed E-state index contributed by atoms with van der Waals surface area (Å²) < 4.78 is 19.1. The average molecular weight is 488 g/mol. The van der Waals surface area contributed by atoms with E-state index in [4.69, 9.17) is 37.4 Å². The summed E-state index contributed by atoms with van der Waals surface area (Å²) in [4.78, 5) is 25.0. The predicted octanol–water partition coefficient (Wildman–Crippen LogP) is 5.22. The summed E-state index contributed by atoms with van der Waals surface area (Å²) in [7, 11) is 0. The molecule has 6 nitrogen and oxygen atoms in total. The molecule has 0 radical (unpaired) electrons. The molecule has 0 aliphatic carbocycles. The maximum Gasteiger partial charge on any atom is 0.310 e. The van der Waals surface area contributed by atoms with Crippen LogP contribution in [-0.4, -0.2) is 35.6 Å². The number of Topliss-reactive ketones (excluding diaryl/α,β-unsaturated/α-hetero) is 1. The van der Waals surface area contributed by atoms with Crippen LogP contribution in [0.25, 0.3) is 0 Å². The first-order valence-electron chi connectivity index (χ1n) is 10.5. The molecule has 2 aromatic carbocycles. The second kappa shape index (κ2) is 9.89. The third-order valence-electron chi connectivity index (χ3n) is 5.54. The molecule has 1 aliphatic heterocycles. The fourth-order valence-electron chi connectivity index (χ4n) is 3.82. The largest absolute Gasteiger partial charge is 0.486 e. The maximum atomic E-state index is 12.8. The minimum Gasteiger partial charge on any atom is -0.486 e. The molecular weight excluding hydrogens is 465 g/mol. The summed E-state index contributed by atoms with van der Waals surface area (Å²) in [5, 5.41) is 0.864. The Balaban J connectivity index is 1.37. The second-order valence-electron chi connectivity index (χ2n) is 7.89. The van der Waals surface area contributed by atoms with Crippen molar-refractivity contribution >= 4 is 35.0 Å². The highest BCUT2D eigenvalue weighted by Gasteiger charge is 2.24. The van der Waals surface area contributed by atoms with Crippen LogP contribution in [0.3, 0.4) is 0 Å². The molecule has 0 unspecified atom stereocenters. The number of carbonyl (C=O) groups excluding carboxylic acids is 2. The number of benzene rings is 2. The zero-order valence-corrected chi connectivity index (χ0v) is 19.8. The van der Waals surface area contributed by atoms with E-state index in [2.05, 4.69) is 0 Å². The molecule has 0 spiro atoms. The predicted molar refractivity (Wildman–Crippen MR) is 126 cm³/mol. The highest BCUT2D eigenvalue weighted by Crippen LogP contribution is 2.31. The SMILES string of the molecule is Cc1cc(C(=O)COC(=O)Cc2ccc(Cl)cc2Cl)c(C)n1C[C@@H]1COc2ccccc2O1. The van der Waals surface area contributed by atoms with Gasteiger partial charge in [-0.2, -0.15) is 0 Å². The fourth-order valence-corrected chi connectivity index (χ4v) is 4.29. The lowest BCUT2D eigenvalue weighted by molar-refractivity contribution is -0.141. The van der Waals surface area contributed by atoms with Crippen molar-refractivity contribution in [2.45, 2.75) is 32.9 Å². The molecule has 1 atom stereocenters. The number of ether oxygens (including phenoxy) is 3. The van der Waals surface area contributed by atoms with Crippen molar-refractivity contribution in [3.63, 3.8) is 0 Å². The normalized spacial score (nSPS) is 14.7. The van der Waals surface area contributed by atoms with Gasteiger partial charge in [0.25, 0.3) is 0 Å². The number of halogens is 2. The van der Waals surface area contributed by atoms with Gasteiger partial charge in [-0.25, -0.2) is 0 Å². The van der Waals surface area contributed by atoms with Crippen LogP contribution in [0.2, 0.25) is 10.0 Å². The van der Waals surface area contributed by atoms with Gasteiger partial charge in [-0.05, 0) is 49.7 Å². The lowest BCUT2D eigenvalue weighted by Gasteiger charge is -2.27. The Kier molecular flexibility index (Phi) is 6.96. The number of hydrogen-bond acceptors (Lipinski definition) is 5. The van der Waals surface area contributed by atoms with Crippen LogP contribution in [0, 0.1) is 13.8 Å². The summed E-state index contributed by atoms with van der Waals surface area (Å²) >= 11 is 12.0. The number of rotatable bonds is 7. The highest BCUT2D eigenvalue weighted by molar-refractivity contribution is 6.35. The van der Waals surface area contributed by atoms with Gasteiger partial charge in [-0.1, -0.05) is 41.4 Å². The van der Waals surface area contributed by atoms with Crippen molar-refractivity contribution in [1.29, 1.82) is 0 Å². The van der Waals surface area contributed by atoms with Crippen LogP contribution in [-0.2, 0) is 22.5 Å². The van der Waals surface area contributed by atoms with Gasteiger partial charge in [-0.3, -0.25) is 9.59 Å². The van der Waals surface area contributed by atoms with Crippen molar-refractivity contribution in [3.8, 4) is 11.5 Å². The summed E-state index contributed by atoms with van der Waals surface area (Å²) in [6.07, 6.45) is -0.224. The topological polar surface area (TPSA) is 66.8 Å². The van der Waals surface area contributed by atoms with Crippen LogP contribution >= 0.6 is 23.2 Å². The number of hydrogen-bond donors (Lipinski definition) is 0. The third-order valence-corrected chi connectivity index (χ3v) is 6.13. The molecule has 0 bridgehead atoms. The van der Waals surface area contributed by atoms with E-state index in [-0.39, 0.29) is 24.9 Å². The van der Waals surface area contributed by atoms with Crippen molar-refractivity contribution in [1.82, 2.24) is 4.57 Å². The van der Waals surface area contributed by atoms with Gasteiger partial charge < -0.3 is 18.8 Å². The Morgan fingerprint density at radius 1 is 1.09 bits per heavy atom. The Hall–Kier alpha value is -2.96. The Morgan fingerprint density at radius 2 is 1.85 bits per heavy atom. The number of aromatic nitrogens is 1. The number of fused-ring (bicyclic) bond motifs is 1. The van der Waals surface area contributed by atoms with Gasteiger partial charge in [-0.15, -0.1) is 0 Å². The van der Waals surface area contributed by atoms with Gasteiger partial charge in [0.1, 0.15) is 6.61 Å². The van der Waals surface area contributed by atoms with Crippen molar-refractivity contribution < 1.29 is 23.8 Å². The summed E-state index contributed by atoms with van der Waals surface area (Å²) in [5.74, 6) is 0.636. The molecule has 172 valence electrons. The number of ketones is 1. The van der Waals surface area contributed by atoms with Crippen LogP contribution < -0.4 is 9.47 Å². The summed E-state index contributed by atoms with van der Waals surface area (Å²) in [6.45, 7) is 4.41. The maximum absolute atomic E-state index is 12.8. The monoisotopic (exact) mass is 487 g/mol. The molecule has 0 amide bonds. The minimum absolute atomic E-state index is 0.0389. The fraction of sp³-hybridized carbons (Fsp3) is 0.280. The molecule has 3 aromatic rings. The Morgan fingerprint density at radius 3 is 2.61 bits per heavy atom. The van der Waals surface area contributed by atoms with E-state index in [1.807, 2.05) is 42.7 Å². The molecular formula is C25H23Cl2NO5. The lowest BCUT2D eigenvalue weighted by atomic mass is 10.1. The number of nitrogens with zero attached hydrogens (tertiary/aromatic N) is 1. The van der Waals surface area contributed by atoms with Crippen LogP contribution in [0.5, 0.6) is 11.5 Å². The van der Waals surface area contributed by atoms with E-state index >= 15 is 0 Å². The molecule has 8 heteroatoms. The van der Waals surface area contributed by atoms with E-state index in [1.165, 1.54) is 0 Å². The lowest BCUT2D eigenvalue weighted by Crippen LogP contribution is -2.33. The van der Waals surface area contributed by atoms with Crippen molar-refractivity contribution in [3.05, 3.63) is 81.1 Å². The minimum atomic E-state index is -0.534. The standard InChI is InChI=1S/C25H23Cl2NO5/c1-15-9-20(22(29)14-32-25(30)10-17-7-8-18(26)11-21(17)27)16(2)28(15)12-19-13-31-23-5-3-4-6-24(23)33-19/h3-9,11,19H,10,12-14H2,1-2H3/t19-/m1/s1. The number of carbonyl (C=O) groups is 2. The molecule has 1 aromatic heterocycles. The van der Waals surface area contributed by atoms with Gasteiger partial charge in [0.15, 0.2) is 24.2 Å². The molecule has 4 rings (SSSR count). The first kappa shape index (κ1) is 23.2. The van der Waals surface area contributed by atoms with Gasteiger partial charge in [0.05, 0.1) is 13.0 Å². The van der Waals surface area contributed by atoms with Gasteiger partial charge >= 0.3 is 5.97 Å². The van der Waals surface area contributed by atoms with E-state index in [0.717, 1.165) is 17.1 Å². The smallest absolute Gasteiger partial charge is 0.310 e. The summed E-state index contributed by atoms with van der Waals surface area (Å²) in [5.41, 5.74) is 2.81. The first-order chi connectivity index (χ1) is 15.8. The molecule has 0 saturated carbocycles. The first-order valence-corrected chi connectivity index (χ1v) is 11.3. The Labute approximate surface area is 202 Å². The van der Waals surface area contributed by atoms with E-state index in [0.29, 0.717) is 40.1 Å². The van der Waals surface area contributed by atoms with Crippen LogP contribution in [0.1, 0.15) is 27.3 Å². The third kappa shape index (κ3) is 5.34. The molecule has 1 aliphatic rings. The second-order valence-corrected chi connectivity index (χ2v) is 8.73. The highest BCUT2D eigenvalue weighted by atomic mass is 35.5. The molecule has 0 N–H and O–H groups in total.